The number of benzene rings is 1. The van der Waals surface area contributed by atoms with Crippen LogP contribution in [0, 0.1) is 11.8 Å². The molecule has 1 saturated heterocycles. The van der Waals surface area contributed by atoms with Crippen molar-refractivity contribution in [2.45, 2.75) is 26.8 Å². The lowest BCUT2D eigenvalue weighted by molar-refractivity contribution is -0.147. The van der Waals surface area contributed by atoms with Gasteiger partial charge in [0.1, 0.15) is 5.69 Å². The zero-order chi connectivity index (χ0) is 19.7. The number of carboxylic acids is 1. The third kappa shape index (κ3) is 4.18. The number of rotatable bonds is 7. The van der Waals surface area contributed by atoms with E-state index >= 15 is 0 Å². The summed E-state index contributed by atoms with van der Waals surface area (Å²) in [5, 5.41) is 15.3. The summed E-state index contributed by atoms with van der Waals surface area (Å²) in [6.45, 7) is 6.48. The highest BCUT2D eigenvalue weighted by Gasteiger charge is 2.32. The lowest BCUT2D eigenvalue weighted by atomic mass is 10.0. The molecule has 4 rings (SSSR count). The van der Waals surface area contributed by atoms with E-state index in [1.54, 1.807) is 11.3 Å². The molecule has 1 aromatic carbocycles. The SMILES string of the molecule is CC(C)Cc1ccc(-c2cc(-c3csc(CN4CC(C(=O)O)C4)c3)on2)cc1. The Morgan fingerprint density at radius 2 is 2.00 bits per heavy atom. The van der Waals surface area contributed by atoms with E-state index in [1.807, 2.05) is 6.07 Å². The summed E-state index contributed by atoms with van der Waals surface area (Å²) in [6, 6.07) is 12.6. The van der Waals surface area contributed by atoms with E-state index in [0.717, 1.165) is 35.5 Å². The predicted molar refractivity (Wildman–Crippen MR) is 110 cm³/mol. The summed E-state index contributed by atoms with van der Waals surface area (Å²) in [5.74, 6) is 0.483. The fourth-order valence-corrected chi connectivity index (χ4v) is 4.41. The summed E-state index contributed by atoms with van der Waals surface area (Å²) in [7, 11) is 0. The Labute approximate surface area is 168 Å². The van der Waals surface area contributed by atoms with E-state index in [2.05, 4.69) is 59.6 Å². The largest absolute Gasteiger partial charge is 0.481 e. The highest BCUT2D eigenvalue weighted by Crippen LogP contribution is 2.31. The maximum atomic E-state index is 10.9. The minimum absolute atomic E-state index is 0.219. The summed E-state index contributed by atoms with van der Waals surface area (Å²) >= 11 is 1.67. The molecule has 1 N–H and O–H groups in total. The normalized spacial score (nSPS) is 15.1. The molecule has 0 spiro atoms. The first-order valence-electron chi connectivity index (χ1n) is 9.57. The van der Waals surface area contributed by atoms with Crippen LogP contribution >= 0.6 is 11.3 Å². The Hall–Kier alpha value is -2.44. The Morgan fingerprint density at radius 1 is 1.25 bits per heavy atom. The number of carboxylic acid groups (broad SMARTS) is 1. The van der Waals surface area contributed by atoms with Crippen molar-refractivity contribution in [2.24, 2.45) is 11.8 Å². The molecule has 146 valence electrons. The molecule has 1 fully saturated rings. The average Bonchev–Trinajstić information content (AvgIpc) is 3.27. The van der Waals surface area contributed by atoms with Crippen LogP contribution in [-0.4, -0.2) is 34.2 Å². The third-order valence-electron chi connectivity index (χ3n) is 5.03. The van der Waals surface area contributed by atoms with Crippen molar-refractivity contribution < 1.29 is 14.4 Å². The number of aliphatic carboxylic acids is 1. The van der Waals surface area contributed by atoms with Crippen LogP contribution in [-0.2, 0) is 17.8 Å². The molecule has 1 aliphatic heterocycles. The molecule has 6 heteroatoms. The van der Waals surface area contributed by atoms with E-state index in [0.29, 0.717) is 19.0 Å². The molecule has 5 nitrogen and oxygen atoms in total. The van der Waals surface area contributed by atoms with E-state index in [-0.39, 0.29) is 5.92 Å². The summed E-state index contributed by atoms with van der Waals surface area (Å²) in [5.41, 5.74) is 4.25. The molecule has 0 saturated carbocycles. The maximum absolute atomic E-state index is 10.9. The van der Waals surface area contributed by atoms with Crippen LogP contribution < -0.4 is 0 Å². The van der Waals surface area contributed by atoms with Crippen LogP contribution in [0.2, 0.25) is 0 Å². The second-order valence-corrected chi connectivity index (χ2v) is 8.90. The number of thiophene rings is 1. The van der Waals surface area contributed by atoms with Crippen LogP contribution in [0.4, 0.5) is 0 Å². The van der Waals surface area contributed by atoms with Crippen LogP contribution in [0.15, 0.2) is 46.3 Å². The molecular formula is C22H24N2O3S. The smallest absolute Gasteiger partial charge is 0.309 e. The lowest BCUT2D eigenvalue weighted by Crippen LogP contribution is -2.49. The molecule has 3 heterocycles. The van der Waals surface area contributed by atoms with E-state index < -0.39 is 5.97 Å². The molecule has 0 unspecified atom stereocenters. The molecular weight excluding hydrogens is 372 g/mol. The van der Waals surface area contributed by atoms with Gasteiger partial charge in [0.05, 0.1) is 5.92 Å². The molecule has 0 atom stereocenters. The minimum Gasteiger partial charge on any atom is -0.481 e. The van der Waals surface area contributed by atoms with Crippen molar-refractivity contribution in [3.8, 4) is 22.6 Å². The number of likely N-dealkylation sites (tertiary alicyclic amines) is 1. The average molecular weight is 397 g/mol. The van der Waals surface area contributed by atoms with Crippen molar-refractivity contribution in [2.75, 3.05) is 13.1 Å². The number of hydrogen-bond donors (Lipinski definition) is 1. The molecule has 3 aromatic rings. The summed E-state index contributed by atoms with van der Waals surface area (Å²) in [4.78, 5) is 14.3. The Kier molecular flexibility index (Phi) is 5.33. The van der Waals surface area contributed by atoms with Crippen LogP contribution in [0.1, 0.15) is 24.3 Å². The van der Waals surface area contributed by atoms with Crippen LogP contribution in [0.3, 0.4) is 0 Å². The van der Waals surface area contributed by atoms with Gasteiger partial charge in [-0.25, -0.2) is 0 Å². The Balaban J connectivity index is 1.41. The van der Waals surface area contributed by atoms with Gasteiger partial charge in [-0.1, -0.05) is 43.3 Å². The van der Waals surface area contributed by atoms with E-state index in [4.69, 9.17) is 9.63 Å². The van der Waals surface area contributed by atoms with Gasteiger partial charge in [0.15, 0.2) is 5.76 Å². The van der Waals surface area contributed by atoms with Gasteiger partial charge in [-0.3, -0.25) is 9.69 Å². The van der Waals surface area contributed by atoms with Gasteiger partial charge in [-0.05, 0) is 24.0 Å². The zero-order valence-electron chi connectivity index (χ0n) is 16.1. The van der Waals surface area contributed by atoms with Gasteiger partial charge < -0.3 is 9.63 Å². The molecule has 1 aliphatic rings. The molecule has 28 heavy (non-hydrogen) atoms. The number of nitrogens with zero attached hydrogens (tertiary/aromatic N) is 2. The number of hydrogen-bond acceptors (Lipinski definition) is 5. The summed E-state index contributed by atoms with van der Waals surface area (Å²) < 4.78 is 5.57. The van der Waals surface area contributed by atoms with Gasteiger partial charge in [-0.15, -0.1) is 11.3 Å². The lowest BCUT2D eigenvalue weighted by Gasteiger charge is -2.36. The van der Waals surface area contributed by atoms with Gasteiger partial charge in [0.25, 0.3) is 0 Å². The second-order valence-electron chi connectivity index (χ2n) is 7.90. The van der Waals surface area contributed by atoms with Gasteiger partial charge in [0, 0.05) is 47.1 Å². The molecule has 2 aromatic heterocycles. The topological polar surface area (TPSA) is 66.6 Å². The minimum atomic E-state index is -0.699. The van der Waals surface area contributed by atoms with Gasteiger partial charge >= 0.3 is 5.97 Å². The highest BCUT2D eigenvalue weighted by atomic mass is 32.1. The highest BCUT2D eigenvalue weighted by molar-refractivity contribution is 7.10. The first kappa shape index (κ1) is 18.9. The van der Waals surface area contributed by atoms with Gasteiger partial charge in [0.2, 0.25) is 0 Å². The number of carbonyl (C=O) groups is 1. The third-order valence-corrected chi connectivity index (χ3v) is 5.95. The van der Waals surface area contributed by atoms with Gasteiger partial charge in [-0.2, -0.15) is 0 Å². The second kappa shape index (κ2) is 7.89. The van der Waals surface area contributed by atoms with Crippen molar-refractivity contribution in [3.63, 3.8) is 0 Å². The Bertz CT molecular complexity index is 952. The fourth-order valence-electron chi connectivity index (χ4n) is 3.50. The molecule has 0 aliphatic carbocycles. The van der Waals surface area contributed by atoms with Crippen molar-refractivity contribution in [3.05, 3.63) is 52.2 Å². The Morgan fingerprint density at radius 3 is 2.68 bits per heavy atom. The maximum Gasteiger partial charge on any atom is 0.309 e. The van der Waals surface area contributed by atoms with Crippen LogP contribution in [0.5, 0.6) is 0 Å². The van der Waals surface area contributed by atoms with Crippen molar-refractivity contribution >= 4 is 17.3 Å². The zero-order valence-corrected chi connectivity index (χ0v) is 16.9. The first-order valence-corrected chi connectivity index (χ1v) is 10.4. The van der Waals surface area contributed by atoms with Crippen LogP contribution in [0.25, 0.3) is 22.6 Å². The quantitative estimate of drug-likeness (QED) is 0.622. The molecule has 0 radical (unpaired) electrons. The molecule has 0 bridgehead atoms. The van der Waals surface area contributed by atoms with E-state index in [1.165, 1.54) is 10.4 Å². The first-order chi connectivity index (χ1) is 13.5. The fraction of sp³-hybridized carbons (Fsp3) is 0.364. The standard InChI is InChI=1S/C22H24N2O3S/c1-14(2)7-15-3-5-16(6-4-15)20-9-21(27-23-20)17-8-19(28-13-17)12-24-10-18(11-24)22(25)26/h3-6,8-9,13-14,18H,7,10-12H2,1-2H3,(H,25,26). The summed E-state index contributed by atoms with van der Waals surface area (Å²) in [6.07, 6.45) is 1.08. The number of aromatic nitrogens is 1. The van der Waals surface area contributed by atoms with E-state index in [9.17, 15) is 4.79 Å². The monoisotopic (exact) mass is 396 g/mol. The predicted octanol–water partition coefficient (Wildman–Crippen LogP) is 4.79. The van der Waals surface area contributed by atoms with Crippen molar-refractivity contribution in [1.29, 1.82) is 0 Å². The molecule has 0 amide bonds. The van der Waals surface area contributed by atoms with Crippen molar-refractivity contribution in [1.82, 2.24) is 10.1 Å².